The molecule has 0 spiro atoms. The SMILES string of the molecule is CC1Cc2ccc(F)cc2/C1=N\N. The van der Waals surface area contributed by atoms with Crippen molar-refractivity contribution in [3.8, 4) is 0 Å². The van der Waals surface area contributed by atoms with Crippen LogP contribution < -0.4 is 5.84 Å². The average Bonchev–Trinajstić information content (AvgIpc) is 2.40. The van der Waals surface area contributed by atoms with Crippen LogP contribution in [0.2, 0.25) is 0 Å². The zero-order valence-electron chi connectivity index (χ0n) is 7.42. The summed E-state index contributed by atoms with van der Waals surface area (Å²) in [7, 11) is 0. The number of hydrogen-bond donors (Lipinski definition) is 1. The number of fused-ring (bicyclic) bond motifs is 1. The first-order chi connectivity index (χ1) is 6.22. The van der Waals surface area contributed by atoms with E-state index in [2.05, 4.69) is 5.10 Å². The summed E-state index contributed by atoms with van der Waals surface area (Å²) in [6.45, 7) is 2.05. The first kappa shape index (κ1) is 8.23. The summed E-state index contributed by atoms with van der Waals surface area (Å²) in [5.41, 5.74) is 2.82. The Hall–Kier alpha value is -1.38. The third kappa shape index (κ3) is 1.20. The van der Waals surface area contributed by atoms with Gasteiger partial charge in [0.25, 0.3) is 0 Å². The number of benzene rings is 1. The largest absolute Gasteiger partial charge is 0.323 e. The lowest BCUT2D eigenvalue weighted by Crippen LogP contribution is -2.08. The molecular formula is C10H11FN2. The monoisotopic (exact) mass is 178 g/mol. The number of rotatable bonds is 0. The van der Waals surface area contributed by atoms with Gasteiger partial charge in [0.05, 0.1) is 5.71 Å². The zero-order valence-corrected chi connectivity index (χ0v) is 7.42. The fourth-order valence-electron chi connectivity index (χ4n) is 1.85. The molecule has 0 fully saturated rings. The van der Waals surface area contributed by atoms with Crippen molar-refractivity contribution in [2.45, 2.75) is 13.3 Å². The van der Waals surface area contributed by atoms with Crippen molar-refractivity contribution in [1.29, 1.82) is 0 Å². The van der Waals surface area contributed by atoms with Gasteiger partial charge in [0, 0.05) is 11.5 Å². The fourth-order valence-corrected chi connectivity index (χ4v) is 1.85. The van der Waals surface area contributed by atoms with Gasteiger partial charge in [-0.1, -0.05) is 13.0 Å². The third-order valence-electron chi connectivity index (χ3n) is 2.48. The highest BCUT2D eigenvalue weighted by atomic mass is 19.1. The Morgan fingerprint density at radius 1 is 1.54 bits per heavy atom. The second-order valence-electron chi connectivity index (χ2n) is 3.42. The molecule has 0 saturated carbocycles. The number of nitrogens with zero attached hydrogens (tertiary/aromatic N) is 1. The van der Waals surface area contributed by atoms with E-state index in [1.165, 1.54) is 12.1 Å². The highest BCUT2D eigenvalue weighted by Gasteiger charge is 2.24. The van der Waals surface area contributed by atoms with Gasteiger partial charge in [0.15, 0.2) is 0 Å². The smallest absolute Gasteiger partial charge is 0.123 e. The van der Waals surface area contributed by atoms with E-state index >= 15 is 0 Å². The summed E-state index contributed by atoms with van der Waals surface area (Å²) in [5.74, 6) is 5.33. The molecule has 1 aromatic rings. The molecule has 1 aliphatic carbocycles. The minimum atomic E-state index is -0.228. The van der Waals surface area contributed by atoms with Crippen molar-refractivity contribution in [3.63, 3.8) is 0 Å². The fraction of sp³-hybridized carbons (Fsp3) is 0.300. The Labute approximate surface area is 76.3 Å². The molecular weight excluding hydrogens is 167 g/mol. The maximum absolute atomic E-state index is 12.9. The first-order valence-electron chi connectivity index (χ1n) is 4.29. The Morgan fingerprint density at radius 2 is 2.31 bits per heavy atom. The maximum Gasteiger partial charge on any atom is 0.123 e. The normalized spacial score (nSPS) is 23.5. The Bertz CT molecular complexity index is 371. The maximum atomic E-state index is 12.9. The second-order valence-corrected chi connectivity index (χ2v) is 3.42. The van der Waals surface area contributed by atoms with Crippen LogP contribution in [0.25, 0.3) is 0 Å². The summed E-state index contributed by atoms with van der Waals surface area (Å²) < 4.78 is 12.9. The highest BCUT2D eigenvalue weighted by molar-refractivity contribution is 6.05. The predicted octanol–water partition coefficient (Wildman–Crippen LogP) is 1.68. The first-order valence-corrected chi connectivity index (χ1v) is 4.29. The molecule has 0 radical (unpaired) electrons. The van der Waals surface area contributed by atoms with E-state index in [4.69, 9.17) is 5.84 Å². The molecule has 0 saturated heterocycles. The zero-order chi connectivity index (χ0) is 9.42. The molecule has 0 heterocycles. The lowest BCUT2D eigenvalue weighted by molar-refractivity contribution is 0.627. The van der Waals surface area contributed by atoms with E-state index in [-0.39, 0.29) is 5.82 Å². The standard InChI is InChI=1S/C10H11FN2/c1-6-4-7-2-3-8(11)5-9(7)10(6)13-12/h2-3,5-6H,4,12H2,1H3/b13-10-. The molecule has 2 N–H and O–H groups in total. The van der Waals surface area contributed by atoms with Gasteiger partial charge in [-0.15, -0.1) is 0 Å². The molecule has 13 heavy (non-hydrogen) atoms. The van der Waals surface area contributed by atoms with Crippen LogP contribution in [-0.2, 0) is 6.42 Å². The van der Waals surface area contributed by atoms with Gasteiger partial charge in [-0.2, -0.15) is 5.10 Å². The summed E-state index contributed by atoms with van der Waals surface area (Å²) in [5, 5.41) is 3.70. The van der Waals surface area contributed by atoms with Crippen molar-refractivity contribution < 1.29 is 4.39 Å². The van der Waals surface area contributed by atoms with Crippen LogP contribution >= 0.6 is 0 Å². The van der Waals surface area contributed by atoms with Crippen molar-refractivity contribution in [3.05, 3.63) is 35.1 Å². The lowest BCUT2D eigenvalue weighted by Gasteiger charge is -2.01. The summed E-state index contributed by atoms with van der Waals surface area (Å²) >= 11 is 0. The van der Waals surface area contributed by atoms with Crippen LogP contribution in [-0.4, -0.2) is 5.71 Å². The molecule has 0 bridgehead atoms. The van der Waals surface area contributed by atoms with Crippen LogP contribution in [0, 0.1) is 11.7 Å². The predicted molar refractivity (Wildman–Crippen MR) is 50.0 cm³/mol. The van der Waals surface area contributed by atoms with Crippen LogP contribution in [0.3, 0.4) is 0 Å². The van der Waals surface area contributed by atoms with Crippen LogP contribution in [0.5, 0.6) is 0 Å². The molecule has 1 atom stereocenters. The van der Waals surface area contributed by atoms with Crippen LogP contribution in [0.4, 0.5) is 4.39 Å². The molecule has 0 aromatic heterocycles. The Kier molecular flexibility index (Phi) is 1.79. The molecule has 1 unspecified atom stereocenters. The molecule has 1 aliphatic rings. The topological polar surface area (TPSA) is 38.4 Å². The summed E-state index contributed by atoms with van der Waals surface area (Å²) in [4.78, 5) is 0. The highest BCUT2D eigenvalue weighted by Crippen LogP contribution is 2.27. The summed E-state index contributed by atoms with van der Waals surface area (Å²) in [6, 6.07) is 4.79. The van der Waals surface area contributed by atoms with Crippen LogP contribution in [0.1, 0.15) is 18.1 Å². The molecule has 68 valence electrons. The van der Waals surface area contributed by atoms with Crippen molar-refractivity contribution >= 4 is 5.71 Å². The van der Waals surface area contributed by atoms with Gasteiger partial charge < -0.3 is 5.84 Å². The van der Waals surface area contributed by atoms with E-state index in [0.717, 1.165) is 23.3 Å². The molecule has 2 rings (SSSR count). The van der Waals surface area contributed by atoms with E-state index in [0.29, 0.717) is 5.92 Å². The van der Waals surface area contributed by atoms with Crippen molar-refractivity contribution in [2.24, 2.45) is 16.9 Å². The third-order valence-corrected chi connectivity index (χ3v) is 2.48. The van der Waals surface area contributed by atoms with E-state index in [9.17, 15) is 4.39 Å². The van der Waals surface area contributed by atoms with Gasteiger partial charge in [0.1, 0.15) is 5.82 Å². The minimum absolute atomic E-state index is 0.228. The van der Waals surface area contributed by atoms with Crippen LogP contribution in [0.15, 0.2) is 23.3 Å². The number of halogens is 1. The lowest BCUT2D eigenvalue weighted by atomic mass is 10.1. The van der Waals surface area contributed by atoms with Gasteiger partial charge in [-0.05, 0) is 24.1 Å². The summed E-state index contributed by atoms with van der Waals surface area (Å²) in [6.07, 6.45) is 0.908. The minimum Gasteiger partial charge on any atom is -0.323 e. The van der Waals surface area contributed by atoms with Gasteiger partial charge >= 0.3 is 0 Å². The van der Waals surface area contributed by atoms with Gasteiger partial charge in [-0.3, -0.25) is 0 Å². The number of hydrazone groups is 1. The van der Waals surface area contributed by atoms with Gasteiger partial charge in [0.2, 0.25) is 0 Å². The molecule has 1 aromatic carbocycles. The molecule has 0 aliphatic heterocycles. The van der Waals surface area contributed by atoms with Crippen molar-refractivity contribution in [1.82, 2.24) is 0 Å². The number of hydrogen-bond acceptors (Lipinski definition) is 2. The Balaban J connectivity index is 2.57. The molecule has 0 amide bonds. The van der Waals surface area contributed by atoms with E-state index < -0.39 is 0 Å². The quantitative estimate of drug-likeness (QED) is 0.476. The Morgan fingerprint density at radius 3 is 3.00 bits per heavy atom. The van der Waals surface area contributed by atoms with E-state index in [1.54, 1.807) is 6.07 Å². The second kappa shape index (κ2) is 2.83. The molecule has 3 heteroatoms. The number of nitrogens with two attached hydrogens (primary N) is 1. The van der Waals surface area contributed by atoms with Crippen molar-refractivity contribution in [2.75, 3.05) is 0 Å². The average molecular weight is 178 g/mol. The van der Waals surface area contributed by atoms with E-state index in [1.807, 2.05) is 6.92 Å². The molecule has 2 nitrogen and oxygen atoms in total. The van der Waals surface area contributed by atoms with Gasteiger partial charge in [-0.25, -0.2) is 4.39 Å².